The van der Waals surface area contributed by atoms with Gasteiger partial charge in [0.25, 0.3) is 5.91 Å². The second-order valence-electron chi connectivity index (χ2n) is 9.62. The van der Waals surface area contributed by atoms with Crippen LogP contribution in [0.15, 0.2) is 83.9 Å². The molecule has 5 rings (SSSR count). The number of ether oxygens (including phenoxy) is 2. The number of benzene rings is 3. The van der Waals surface area contributed by atoms with Crippen LogP contribution in [0, 0.1) is 13.8 Å². The molecule has 0 atom stereocenters. The summed E-state index contributed by atoms with van der Waals surface area (Å²) in [7, 11) is 3.21. The molecule has 1 amide bonds. The molecule has 0 aliphatic rings. The molecule has 2 aromatic heterocycles. The van der Waals surface area contributed by atoms with E-state index >= 15 is 0 Å². The molecule has 0 saturated heterocycles. The second kappa shape index (κ2) is 13.0. The lowest BCUT2D eigenvalue weighted by Crippen LogP contribution is -2.11. The molecule has 0 aliphatic carbocycles. The van der Waals surface area contributed by atoms with Gasteiger partial charge in [0.15, 0.2) is 5.78 Å². The molecule has 0 unspecified atom stereocenters. The van der Waals surface area contributed by atoms with Crippen molar-refractivity contribution in [2.45, 2.75) is 13.8 Å². The van der Waals surface area contributed by atoms with Crippen LogP contribution in [0.3, 0.4) is 0 Å². The molecule has 5 aromatic rings. The molecule has 2 heterocycles. The van der Waals surface area contributed by atoms with Crippen molar-refractivity contribution >= 4 is 68.5 Å². The van der Waals surface area contributed by atoms with Crippen LogP contribution in [0.4, 0.5) is 11.4 Å². The minimum Gasteiger partial charge on any atom is -0.497 e. The van der Waals surface area contributed by atoms with Crippen molar-refractivity contribution in [2.24, 2.45) is 4.99 Å². The molecule has 7 nitrogen and oxygen atoms in total. The quantitative estimate of drug-likeness (QED) is 0.103. The topological polar surface area (TPSA) is 89.9 Å². The summed E-state index contributed by atoms with van der Waals surface area (Å²) < 4.78 is 10.5. The number of aromatic nitrogens is 1. The third-order valence-electron chi connectivity index (χ3n) is 6.84. The van der Waals surface area contributed by atoms with E-state index in [1.54, 1.807) is 57.7 Å². The summed E-state index contributed by atoms with van der Waals surface area (Å²) in [6.45, 7) is 3.62. The van der Waals surface area contributed by atoms with Crippen LogP contribution in [0.5, 0.6) is 11.5 Å². The maximum atomic E-state index is 13.6. The van der Waals surface area contributed by atoms with E-state index in [1.807, 2.05) is 55.5 Å². The third kappa shape index (κ3) is 6.66. The van der Waals surface area contributed by atoms with Crippen molar-refractivity contribution in [1.82, 2.24) is 4.98 Å². The number of hydrogen-bond acceptors (Lipinski definition) is 7. The van der Waals surface area contributed by atoms with E-state index in [-0.39, 0.29) is 11.7 Å². The monoisotopic (exact) mass is 609 g/mol. The molecule has 0 aliphatic heterocycles. The largest absolute Gasteiger partial charge is 0.497 e. The van der Waals surface area contributed by atoms with Crippen LogP contribution in [0.25, 0.3) is 16.3 Å². The Balaban J connectivity index is 1.55. The smallest absolute Gasteiger partial charge is 0.268 e. The van der Waals surface area contributed by atoms with Crippen molar-refractivity contribution in [3.8, 4) is 11.5 Å². The molecule has 0 bridgehead atoms. The van der Waals surface area contributed by atoms with E-state index < -0.39 is 0 Å². The van der Waals surface area contributed by atoms with Gasteiger partial charge < -0.3 is 14.8 Å². The van der Waals surface area contributed by atoms with Crippen molar-refractivity contribution in [1.29, 1.82) is 0 Å². The molecule has 1 N–H and O–H groups in total. The summed E-state index contributed by atoms with van der Waals surface area (Å²) in [6, 6.07) is 21.9. The first-order valence-corrected chi connectivity index (χ1v) is 14.5. The zero-order valence-electron chi connectivity index (χ0n) is 24.0. The Hall–Kier alpha value is -4.79. The fourth-order valence-corrected chi connectivity index (χ4v) is 5.58. The summed E-state index contributed by atoms with van der Waals surface area (Å²) >= 11 is 7.51. The van der Waals surface area contributed by atoms with Gasteiger partial charge in [0, 0.05) is 27.9 Å². The number of fused-ring (bicyclic) bond motifs is 1. The summed E-state index contributed by atoms with van der Waals surface area (Å²) in [4.78, 5) is 37.4. The molecule has 0 fully saturated rings. The average molecular weight is 610 g/mol. The highest BCUT2D eigenvalue weighted by atomic mass is 35.5. The number of rotatable bonds is 9. The number of aliphatic imine (C=N–C) groups is 1. The summed E-state index contributed by atoms with van der Waals surface area (Å²) in [5.74, 6) is 0.903. The van der Waals surface area contributed by atoms with Gasteiger partial charge in [-0.1, -0.05) is 35.9 Å². The highest BCUT2D eigenvalue weighted by molar-refractivity contribution is 7.21. The number of halogens is 1. The lowest BCUT2D eigenvalue weighted by atomic mass is 10.1. The Morgan fingerprint density at radius 2 is 1.58 bits per heavy atom. The Bertz CT molecular complexity index is 1880. The molecule has 43 heavy (non-hydrogen) atoms. The van der Waals surface area contributed by atoms with E-state index in [4.69, 9.17) is 31.1 Å². The molecule has 216 valence electrons. The van der Waals surface area contributed by atoms with Crippen LogP contribution in [-0.2, 0) is 0 Å². The lowest BCUT2D eigenvalue weighted by molar-refractivity contribution is 0.102. The number of thiophene rings is 1. The number of allylic oxidation sites excluding steroid dienone is 1. The Labute approximate surface area is 258 Å². The van der Waals surface area contributed by atoms with Gasteiger partial charge in [-0.3, -0.25) is 14.6 Å². The number of hydrogen-bond donors (Lipinski definition) is 1. The van der Waals surface area contributed by atoms with Gasteiger partial charge in [0.2, 0.25) is 0 Å². The zero-order valence-corrected chi connectivity index (χ0v) is 25.5. The Morgan fingerprint density at radius 1 is 0.930 bits per heavy atom. The van der Waals surface area contributed by atoms with Crippen LogP contribution in [-0.4, -0.2) is 37.1 Å². The van der Waals surface area contributed by atoms with Gasteiger partial charge in [-0.05, 0) is 91.2 Å². The highest BCUT2D eigenvalue weighted by Gasteiger charge is 2.22. The predicted octanol–water partition coefficient (Wildman–Crippen LogP) is 8.48. The van der Waals surface area contributed by atoms with E-state index in [9.17, 15) is 9.59 Å². The lowest BCUT2D eigenvalue weighted by Gasteiger charge is -2.09. The van der Waals surface area contributed by atoms with Gasteiger partial charge in [0.1, 0.15) is 21.2 Å². The van der Waals surface area contributed by atoms with Gasteiger partial charge in [-0.15, -0.1) is 11.3 Å². The van der Waals surface area contributed by atoms with Gasteiger partial charge in [-0.2, -0.15) is 0 Å². The van der Waals surface area contributed by atoms with Gasteiger partial charge in [-0.25, -0.2) is 4.98 Å². The van der Waals surface area contributed by atoms with Crippen molar-refractivity contribution in [3.05, 3.63) is 117 Å². The average Bonchev–Trinajstić information content (AvgIpc) is 3.38. The van der Waals surface area contributed by atoms with E-state index in [1.165, 1.54) is 17.4 Å². The number of anilines is 1. The second-order valence-corrected chi connectivity index (χ2v) is 11.0. The van der Waals surface area contributed by atoms with Gasteiger partial charge in [0.05, 0.1) is 25.6 Å². The molecule has 3 aromatic carbocycles. The summed E-state index contributed by atoms with van der Waals surface area (Å²) in [5, 5.41) is 4.12. The van der Waals surface area contributed by atoms with Crippen LogP contribution in [0.1, 0.15) is 42.4 Å². The number of nitrogens with one attached hydrogen (secondary N) is 1. The number of carbonyl (C=O) groups is 2. The van der Waals surface area contributed by atoms with Crippen LogP contribution in [0.2, 0.25) is 5.02 Å². The Kier molecular flexibility index (Phi) is 8.99. The normalized spacial score (nSPS) is 11.4. The van der Waals surface area contributed by atoms with E-state index in [0.717, 1.165) is 28.2 Å². The SMILES string of the molecule is COc1ccc(C=Nc2c(C(=O)Nc3cccc(Cl)c3C)sc3nc(C)c(C(=O)/C=C/c4ccc(OC)cc4)cc23)cc1. The van der Waals surface area contributed by atoms with E-state index in [2.05, 4.69) is 5.32 Å². The van der Waals surface area contributed by atoms with Crippen molar-refractivity contribution in [3.63, 3.8) is 0 Å². The van der Waals surface area contributed by atoms with Crippen LogP contribution < -0.4 is 14.8 Å². The maximum absolute atomic E-state index is 13.6. The molecule has 0 radical (unpaired) electrons. The number of carbonyl (C=O) groups excluding carboxylic acids is 2. The van der Waals surface area contributed by atoms with Gasteiger partial charge >= 0.3 is 0 Å². The fourth-order valence-electron chi connectivity index (χ4n) is 4.36. The minimum atomic E-state index is -0.347. The first-order valence-electron chi connectivity index (χ1n) is 13.3. The number of methoxy groups -OCH3 is 2. The molecule has 9 heteroatoms. The number of pyridine rings is 1. The van der Waals surface area contributed by atoms with Crippen LogP contribution >= 0.6 is 22.9 Å². The maximum Gasteiger partial charge on any atom is 0.268 e. The number of ketones is 1. The van der Waals surface area contributed by atoms with Crippen molar-refractivity contribution in [2.75, 3.05) is 19.5 Å². The zero-order chi connectivity index (χ0) is 30.5. The first kappa shape index (κ1) is 29.7. The first-order chi connectivity index (χ1) is 20.8. The number of aryl methyl sites for hydroxylation is 1. The molecule has 0 spiro atoms. The summed E-state index contributed by atoms with van der Waals surface area (Å²) in [5.41, 5.74) is 4.44. The summed E-state index contributed by atoms with van der Waals surface area (Å²) in [6.07, 6.45) is 4.93. The number of nitrogens with zero attached hydrogens (tertiary/aromatic N) is 2. The molecular weight excluding hydrogens is 582 g/mol. The van der Waals surface area contributed by atoms with Crippen molar-refractivity contribution < 1.29 is 19.1 Å². The molecule has 0 saturated carbocycles. The Morgan fingerprint density at radius 3 is 2.23 bits per heavy atom. The standard InChI is InChI=1S/C34H28ClN3O4S/c1-20-28(35)6-5-7-29(20)38-33(40)32-31(36-19-23-10-15-25(42-4)16-11-23)27-18-26(21(2)37-34(27)43-32)30(39)17-12-22-8-13-24(41-3)14-9-22/h5-19H,1-4H3,(H,38,40)/b17-12+,36-19?. The fraction of sp³-hybridized carbons (Fsp3) is 0.118. The predicted molar refractivity (Wildman–Crippen MR) is 175 cm³/mol. The van der Waals surface area contributed by atoms with E-state index in [0.29, 0.717) is 42.7 Å². The molecular formula is C34H28ClN3O4S. The third-order valence-corrected chi connectivity index (χ3v) is 8.33. The number of amides is 1. The highest BCUT2D eigenvalue weighted by Crippen LogP contribution is 2.39. The minimum absolute atomic E-state index is 0.209.